The van der Waals surface area contributed by atoms with Gasteiger partial charge < -0.3 is 10.5 Å². The fourth-order valence-corrected chi connectivity index (χ4v) is 3.94. The van der Waals surface area contributed by atoms with Crippen LogP contribution < -0.4 is 5.73 Å². The quantitative estimate of drug-likeness (QED) is 0.429. The molecule has 0 spiro atoms. The first-order valence-corrected chi connectivity index (χ1v) is 10.5. The van der Waals surface area contributed by atoms with Gasteiger partial charge in [0, 0.05) is 42.8 Å². The van der Waals surface area contributed by atoms with Crippen LogP contribution in [0.25, 0.3) is 27.6 Å². The zero-order chi connectivity index (χ0) is 20.2. The first kappa shape index (κ1) is 19.5. The third-order valence-corrected chi connectivity index (χ3v) is 5.31. The molecule has 6 nitrogen and oxygen atoms in total. The fraction of sp³-hybridized carbons (Fsp3) is 0.286. The van der Waals surface area contributed by atoms with Gasteiger partial charge >= 0.3 is 0 Å². The molecule has 0 saturated carbocycles. The summed E-state index contributed by atoms with van der Waals surface area (Å²) in [6, 6.07) is 8.09. The number of hydrogen-bond donors (Lipinski definition) is 1. The lowest BCUT2D eigenvalue weighted by Crippen LogP contribution is -2.04. The number of benzene rings is 1. The van der Waals surface area contributed by atoms with Crippen LogP contribution in [0.4, 0.5) is 10.2 Å². The van der Waals surface area contributed by atoms with Gasteiger partial charge in [0.15, 0.2) is 4.96 Å². The van der Waals surface area contributed by atoms with Crippen LogP contribution in [0.5, 0.6) is 0 Å². The van der Waals surface area contributed by atoms with Crippen LogP contribution in [0.1, 0.15) is 25.6 Å². The number of fused-ring (bicyclic) bond motifs is 1. The summed E-state index contributed by atoms with van der Waals surface area (Å²) < 4.78 is 20.8. The number of halogens is 1. The summed E-state index contributed by atoms with van der Waals surface area (Å²) in [6.45, 7) is 3.45. The second-order valence-corrected chi connectivity index (χ2v) is 7.49. The number of anilines is 1. The summed E-state index contributed by atoms with van der Waals surface area (Å²) in [4.78, 5) is 14.7. The predicted octanol–water partition coefficient (Wildman–Crippen LogP) is 4.60. The van der Waals surface area contributed by atoms with Crippen molar-refractivity contribution in [1.29, 1.82) is 0 Å². The molecule has 0 unspecified atom stereocenters. The minimum absolute atomic E-state index is 0.281. The molecule has 0 aliphatic heterocycles. The molecule has 0 bridgehead atoms. The highest BCUT2D eigenvalue weighted by Crippen LogP contribution is 2.34. The Morgan fingerprint density at radius 2 is 1.97 bits per heavy atom. The van der Waals surface area contributed by atoms with Crippen molar-refractivity contribution >= 4 is 22.1 Å². The number of ether oxygens (including phenoxy) is 1. The largest absolute Gasteiger partial charge is 0.384 e. The standard InChI is InChI=1S/C21H22FN5OS/c1-2-28-11-4-3-5-18-24-16(13-17(23)25-18)20-19(14-6-8-15(22)9-7-14)26-21-27(20)10-12-29-21/h6-10,12-13H,2-5,11H2,1H3,(H2,23,24,25). The lowest BCUT2D eigenvalue weighted by Gasteiger charge is -2.08. The third kappa shape index (κ3) is 4.28. The first-order chi connectivity index (χ1) is 14.2. The van der Waals surface area contributed by atoms with Crippen LogP contribution in [-0.4, -0.2) is 32.6 Å². The zero-order valence-corrected chi connectivity index (χ0v) is 17.0. The van der Waals surface area contributed by atoms with Gasteiger partial charge in [0.1, 0.15) is 23.2 Å². The average Bonchev–Trinajstić information content (AvgIpc) is 3.29. The van der Waals surface area contributed by atoms with Gasteiger partial charge in [-0.15, -0.1) is 11.3 Å². The van der Waals surface area contributed by atoms with E-state index in [4.69, 9.17) is 20.4 Å². The topological polar surface area (TPSA) is 78.3 Å². The van der Waals surface area contributed by atoms with Gasteiger partial charge in [0.2, 0.25) is 0 Å². The van der Waals surface area contributed by atoms with Crippen molar-refractivity contribution in [3.8, 4) is 22.6 Å². The highest BCUT2D eigenvalue weighted by molar-refractivity contribution is 7.15. The first-order valence-electron chi connectivity index (χ1n) is 9.58. The molecule has 0 amide bonds. The number of nitrogen functional groups attached to an aromatic ring is 1. The molecule has 4 aromatic rings. The van der Waals surface area contributed by atoms with E-state index in [9.17, 15) is 4.39 Å². The number of aryl methyl sites for hydroxylation is 1. The average molecular weight is 412 g/mol. The number of imidazole rings is 1. The monoisotopic (exact) mass is 411 g/mol. The molecule has 0 aliphatic rings. The molecular formula is C21H22FN5OS. The summed E-state index contributed by atoms with van der Waals surface area (Å²) in [5.74, 6) is 0.841. The van der Waals surface area contributed by atoms with Gasteiger partial charge in [-0.25, -0.2) is 19.3 Å². The van der Waals surface area contributed by atoms with Crippen molar-refractivity contribution in [3.05, 3.63) is 53.6 Å². The minimum atomic E-state index is -0.281. The summed E-state index contributed by atoms with van der Waals surface area (Å²) >= 11 is 1.53. The van der Waals surface area contributed by atoms with Gasteiger partial charge in [-0.3, -0.25) is 4.40 Å². The highest BCUT2D eigenvalue weighted by Gasteiger charge is 2.19. The van der Waals surface area contributed by atoms with Gasteiger partial charge in [-0.2, -0.15) is 0 Å². The maximum Gasteiger partial charge on any atom is 0.194 e. The Balaban J connectivity index is 1.71. The molecule has 2 N–H and O–H groups in total. The Morgan fingerprint density at radius 1 is 1.14 bits per heavy atom. The Bertz CT molecular complexity index is 1110. The Labute approximate surface area is 172 Å². The van der Waals surface area contributed by atoms with Crippen molar-refractivity contribution in [2.24, 2.45) is 0 Å². The zero-order valence-electron chi connectivity index (χ0n) is 16.1. The second kappa shape index (κ2) is 8.67. The molecule has 29 heavy (non-hydrogen) atoms. The lowest BCUT2D eigenvalue weighted by atomic mass is 10.1. The van der Waals surface area contributed by atoms with Crippen LogP contribution in [0.2, 0.25) is 0 Å². The van der Waals surface area contributed by atoms with Gasteiger partial charge in [0.25, 0.3) is 0 Å². The van der Waals surface area contributed by atoms with E-state index in [0.717, 1.165) is 54.4 Å². The maximum atomic E-state index is 13.4. The smallest absolute Gasteiger partial charge is 0.194 e. The molecule has 0 aliphatic carbocycles. The number of aromatic nitrogens is 4. The highest BCUT2D eigenvalue weighted by atomic mass is 32.1. The number of rotatable bonds is 8. The number of thiazole rings is 1. The van der Waals surface area contributed by atoms with Crippen LogP contribution in [0, 0.1) is 5.82 Å². The Hall–Kier alpha value is -2.84. The molecule has 0 radical (unpaired) electrons. The van der Waals surface area contributed by atoms with Crippen molar-refractivity contribution in [1.82, 2.24) is 19.4 Å². The van der Waals surface area contributed by atoms with Crippen LogP contribution in [0.15, 0.2) is 41.9 Å². The van der Waals surface area contributed by atoms with Gasteiger partial charge in [-0.05, 0) is 44.0 Å². The third-order valence-electron chi connectivity index (χ3n) is 4.56. The maximum absolute atomic E-state index is 13.4. The number of hydrogen-bond acceptors (Lipinski definition) is 6. The normalized spacial score (nSPS) is 11.4. The molecular weight excluding hydrogens is 389 g/mol. The molecule has 1 aromatic carbocycles. The van der Waals surface area contributed by atoms with E-state index < -0.39 is 0 Å². The number of nitrogens with zero attached hydrogens (tertiary/aromatic N) is 4. The molecule has 0 saturated heterocycles. The molecule has 150 valence electrons. The van der Waals surface area contributed by atoms with Crippen molar-refractivity contribution < 1.29 is 9.13 Å². The Kier molecular flexibility index (Phi) is 5.82. The van der Waals surface area contributed by atoms with Crippen molar-refractivity contribution in [3.63, 3.8) is 0 Å². The fourth-order valence-electron chi connectivity index (χ4n) is 3.22. The van der Waals surface area contributed by atoms with Crippen molar-refractivity contribution in [2.75, 3.05) is 18.9 Å². The molecule has 0 fully saturated rings. The van der Waals surface area contributed by atoms with Crippen LogP contribution >= 0.6 is 11.3 Å². The predicted molar refractivity (Wildman–Crippen MR) is 113 cm³/mol. The van der Waals surface area contributed by atoms with Gasteiger partial charge in [0.05, 0.1) is 11.4 Å². The summed E-state index contributed by atoms with van der Waals surface area (Å²) in [7, 11) is 0. The van der Waals surface area contributed by atoms with Crippen LogP contribution in [-0.2, 0) is 11.2 Å². The molecule has 3 heterocycles. The van der Waals surface area contributed by atoms with Crippen molar-refractivity contribution in [2.45, 2.75) is 26.2 Å². The van der Waals surface area contributed by atoms with E-state index in [-0.39, 0.29) is 5.82 Å². The minimum Gasteiger partial charge on any atom is -0.384 e. The summed E-state index contributed by atoms with van der Waals surface area (Å²) in [5, 5.41) is 1.97. The summed E-state index contributed by atoms with van der Waals surface area (Å²) in [5.41, 5.74) is 9.21. The van der Waals surface area contributed by atoms with E-state index in [1.54, 1.807) is 18.2 Å². The van der Waals surface area contributed by atoms with Crippen LogP contribution in [0.3, 0.4) is 0 Å². The van der Waals surface area contributed by atoms with Gasteiger partial charge in [-0.1, -0.05) is 0 Å². The summed E-state index contributed by atoms with van der Waals surface area (Å²) in [6.07, 6.45) is 4.55. The SMILES string of the molecule is CCOCCCCc1nc(N)cc(-c2c(-c3ccc(F)cc3)nc3sccn23)n1. The molecule has 4 rings (SSSR count). The van der Waals surface area contributed by atoms with E-state index >= 15 is 0 Å². The lowest BCUT2D eigenvalue weighted by molar-refractivity contribution is 0.143. The Morgan fingerprint density at radius 3 is 2.76 bits per heavy atom. The van der Waals surface area contributed by atoms with E-state index in [0.29, 0.717) is 17.3 Å². The number of nitrogens with two attached hydrogens (primary N) is 1. The molecule has 0 atom stereocenters. The van der Waals surface area contributed by atoms with E-state index in [2.05, 4.69) is 4.98 Å². The molecule has 8 heteroatoms. The molecule has 3 aromatic heterocycles. The number of unbranched alkanes of at least 4 members (excludes halogenated alkanes) is 1. The second-order valence-electron chi connectivity index (χ2n) is 6.62. The van der Waals surface area contributed by atoms with E-state index in [1.807, 2.05) is 22.9 Å². The van der Waals surface area contributed by atoms with E-state index in [1.165, 1.54) is 23.5 Å².